The van der Waals surface area contributed by atoms with E-state index in [1.165, 1.54) is 4.40 Å². The number of nitrogens with zero attached hydrogens (tertiary/aromatic N) is 5. The number of anilines is 1. The Morgan fingerprint density at radius 3 is 2.58 bits per heavy atom. The number of H-pyrrole nitrogens is 1. The number of hydrogen-bond acceptors (Lipinski definition) is 6. The first kappa shape index (κ1) is 21.3. The topological polar surface area (TPSA) is 106 Å². The van der Waals surface area contributed by atoms with Crippen LogP contribution in [0.15, 0.2) is 47.3 Å². The van der Waals surface area contributed by atoms with Crippen molar-refractivity contribution in [2.75, 3.05) is 32.5 Å². The van der Waals surface area contributed by atoms with E-state index < -0.39 is 0 Å². The van der Waals surface area contributed by atoms with Gasteiger partial charge in [-0.05, 0) is 38.6 Å². The van der Waals surface area contributed by atoms with Crippen LogP contribution in [0, 0.1) is 13.8 Å². The van der Waals surface area contributed by atoms with Crippen LogP contribution in [0.5, 0.6) is 0 Å². The predicted molar refractivity (Wildman–Crippen MR) is 126 cm³/mol. The molecule has 1 aliphatic rings. The highest BCUT2D eigenvalue weighted by molar-refractivity contribution is 5.88. The summed E-state index contributed by atoms with van der Waals surface area (Å²) in [4.78, 5) is 24.8. The van der Waals surface area contributed by atoms with E-state index >= 15 is 0 Å². The number of nitrogen functional groups attached to an aromatic ring is 1. The first-order valence-corrected chi connectivity index (χ1v) is 11.1. The number of benzene rings is 1. The van der Waals surface area contributed by atoms with Crippen LogP contribution in [0.4, 0.5) is 5.95 Å². The number of fused-ring (bicyclic) bond motifs is 1. The molecule has 4 heterocycles. The van der Waals surface area contributed by atoms with E-state index in [1.807, 2.05) is 63.4 Å². The van der Waals surface area contributed by atoms with Gasteiger partial charge in [0.05, 0.1) is 31.4 Å². The molecule has 170 valence electrons. The molecule has 0 unspecified atom stereocenters. The van der Waals surface area contributed by atoms with Crippen LogP contribution in [0.1, 0.15) is 11.4 Å². The normalized spacial score (nSPS) is 17.0. The Balaban J connectivity index is 1.77. The Morgan fingerprint density at radius 2 is 1.88 bits per heavy atom. The molecular weight excluding hydrogens is 418 g/mol. The summed E-state index contributed by atoms with van der Waals surface area (Å²) in [6.07, 6.45) is 0. The zero-order valence-electron chi connectivity index (χ0n) is 19.1. The molecule has 0 radical (unpaired) electrons. The number of rotatable bonds is 4. The fourth-order valence-corrected chi connectivity index (χ4v) is 4.48. The number of pyridine rings is 1. The minimum atomic E-state index is -0.252. The second-order valence-electron chi connectivity index (χ2n) is 8.60. The third kappa shape index (κ3) is 3.90. The fraction of sp³-hybridized carbons (Fsp3) is 0.333. The molecule has 3 aromatic heterocycles. The number of aromatic nitrogens is 5. The second kappa shape index (κ2) is 8.42. The number of morpholine rings is 1. The Bertz CT molecular complexity index is 1360. The summed E-state index contributed by atoms with van der Waals surface area (Å²) in [6.45, 7) is 6.48. The lowest BCUT2D eigenvalue weighted by molar-refractivity contribution is -0.516. The zero-order chi connectivity index (χ0) is 23.1. The van der Waals surface area contributed by atoms with E-state index in [0.717, 1.165) is 34.6 Å². The lowest BCUT2D eigenvalue weighted by Crippen LogP contribution is -2.49. The molecule has 3 N–H and O–H groups in total. The number of nitrogens with two attached hydrogens (primary N) is 1. The number of aryl methyl sites for hydroxylation is 2. The van der Waals surface area contributed by atoms with Gasteiger partial charge < -0.3 is 10.5 Å². The van der Waals surface area contributed by atoms with Gasteiger partial charge in [0.25, 0.3) is 0 Å². The van der Waals surface area contributed by atoms with Gasteiger partial charge in [-0.15, -0.1) is 9.38 Å². The first-order chi connectivity index (χ1) is 15.9. The first-order valence-electron chi connectivity index (χ1n) is 11.1. The maximum Gasteiger partial charge on any atom is 0.428 e. The number of ether oxygens (including phenoxy) is 1. The highest BCUT2D eigenvalue weighted by atomic mass is 16.5. The van der Waals surface area contributed by atoms with Crippen LogP contribution in [-0.4, -0.2) is 57.5 Å². The van der Waals surface area contributed by atoms with Gasteiger partial charge in [-0.25, -0.2) is 9.89 Å². The molecule has 0 aliphatic carbocycles. The molecule has 1 saturated heterocycles. The average Bonchev–Trinajstić information content (AvgIpc) is 3.11. The maximum absolute atomic E-state index is 13.4. The maximum atomic E-state index is 13.4. The summed E-state index contributed by atoms with van der Waals surface area (Å²) < 4.78 is 8.69. The van der Waals surface area contributed by atoms with Gasteiger partial charge in [0.2, 0.25) is 5.65 Å². The van der Waals surface area contributed by atoms with Crippen molar-refractivity contribution in [3.8, 4) is 22.4 Å². The summed E-state index contributed by atoms with van der Waals surface area (Å²) in [5, 5.41) is 3.33. The van der Waals surface area contributed by atoms with Gasteiger partial charge >= 0.3 is 11.6 Å². The van der Waals surface area contributed by atoms with Crippen molar-refractivity contribution in [3.05, 3.63) is 64.3 Å². The number of likely N-dealkylation sites (N-methyl/N-ethyl adjacent to an activating group) is 1. The van der Waals surface area contributed by atoms with Crippen molar-refractivity contribution in [1.29, 1.82) is 0 Å². The van der Waals surface area contributed by atoms with Crippen LogP contribution >= 0.6 is 0 Å². The molecule has 1 aromatic carbocycles. The lowest BCUT2D eigenvalue weighted by Gasteiger charge is -2.31. The van der Waals surface area contributed by atoms with Gasteiger partial charge in [-0.2, -0.15) is 4.68 Å². The van der Waals surface area contributed by atoms with E-state index in [1.54, 1.807) is 4.68 Å². The average molecular weight is 447 g/mol. The van der Waals surface area contributed by atoms with Gasteiger partial charge in [0.15, 0.2) is 0 Å². The summed E-state index contributed by atoms with van der Waals surface area (Å²) >= 11 is 0. The molecule has 33 heavy (non-hydrogen) atoms. The Labute approximate surface area is 191 Å². The van der Waals surface area contributed by atoms with Crippen molar-refractivity contribution < 1.29 is 9.14 Å². The summed E-state index contributed by atoms with van der Waals surface area (Å²) in [6, 6.07) is 14.0. The SMILES string of the molecule is Cc1cc(-c2c(-c3ccccc3)nc(N)[n+]3c(=O)n(C[C@H]4COCCN4C)[nH]c23)cc(C)n1. The van der Waals surface area contributed by atoms with E-state index in [9.17, 15) is 4.79 Å². The van der Waals surface area contributed by atoms with Crippen molar-refractivity contribution in [3.63, 3.8) is 0 Å². The quantitative estimate of drug-likeness (QED) is 0.461. The number of nitrogens with one attached hydrogen (secondary N) is 1. The van der Waals surface area contributed by atoms with Crippen LogP contribution in [0.2, 0.25) is 0 Å². The van der Waals surface area contributed by atoms with E-state index in [0.29, 0.717) is 31.1 Å². The molecule has 4 aromatic rings. The van der Waals surface area contributed by atoms with Gasteiger partial charge in [-0.1, -0.05) is 30.3 Å². The van der Waals surface area contributed by atoms with Crippen LogP contribution < -0.4 is 15.8 Å². The lowest BCUT2D eigenvalue weighted by atomic mass is 9.99. The zero-order valence-corrected chi connectivity index (χ0v) is 19.1. The van der Waals surface area contributed by atoms with E-state index in [-0.39, 0.29) is 17.7 Å². The minimum Gasteiger partial charge on any atom is -0.378 e. The van der Waals surface area contributed by atoms with Crippen molar-refractivity contribution >= 4 is 11.6 Å². The molecule has 5 rings (SSSR count). The summed E-state index contributed by atoms with van der Waals surface area (Å²) in [5.74, 6) is 0.142. The number of hydrogen-bond donors (Lipinski definition) is 2. The third-order valence-corrected chi connectivity index (χ3v) is 6.15. The highest BCUT2D eigenvalue weighted by Crippen LogP contribution is 2.33. The third-order valence-electron chi connectivity index (χ3n) is 6.15. The number of aromatic amines is 1. The molecule has 1 fully saturated rings. The highest BCUT2D eigenvalue weighted by Gasteiger charge is 2.28. The van der Waals surface area contributed by atoms with Crippen molar-refractivity contribution in [2.24, 2.45) is 0 Å². The van der Waals surface area contributed by atoms with E-state index in [4.69, 9.17) is 15.5 Å². The van der Waals surface area contributed by atoms with Crippen molar-refractivity contribution in [1.82, 2.24) is 24.6 Å². The Kier molecular flexibility index (Phi) is 5.43. The van der Waals surface area contributed by atoms with Gasteiger partial charge in [-0.3, -0.25) is 9.88 Å². The smallest absolute Gasteiger partial charge is 0.378 e. The molecule has 0 spiro atoms. The molecule has 0 bridgehead atoms. The molecule has 0 saturated carbocycles. The van der Waals surface area contributed by atoms with Gasteiger partial charge in [0, 0.05) is 23.5 Å². The molecule has 9 heteroatoms. The predicted octanol–water partition coefficient (Wildman–Crippen LogP) is 1.57. The molecule has 1 aliphatic heterocycles. The Hall–Kier alpha value is -3.56. The Morgan fingerprint density at radius 1 is 1.15 bits per heavy atom. The minimum absolute atomic E-state index is 0.0850. The summed E-state index contributed by atoms with van der Waals surface area (Å²) in [5.41, 5.74) is 11.9. The largest absolute Gasteiger partial charge is 0.428 e. The molecular formula is C24H28N7O2+. The van der Waals surface area contributed by atoms with E-state index in [2.05, 4.69) is 15.0 Å². The second-order valence-corrected chi connectivity index (χ2v) is 8.60. The monoisotopic (exact) mass is 446 g/mol. The van der Waals surface area contributed by atoms with Crippen LogP contribution in [0.25, 0.3) is 28.0 Å². The standard InChI is InChI=1S/C24H27N7O2/c1-15-11-18(12-16(2)26-15)20-21(17-7-5-4-6-8-17)27-23(25)31-22(20)28-30(24(31)32)13-19-14-33-10-9-29(19)3/h4-8,11-12,19H,9-10,13-14H2,1-3H3,(H2,25,26,27,28)/p+1/t19-/m0/s1. The molecule has 1 atom stereocenters. The summed E-state index contributed by atoms with van der Waals surface area (Å²) in [7, 11) is 2.05. The van der Waals surface area contributed by atoms with Crippen LogP contribution in [-0.2, 0) is 11.3 Å². The van der Waals surface area contributed by atoms with Crippen LogP contribution in [0.3, 0.4) is 0 Å². The fourth-order valence-electron chi connectivity index (χ4n) is 4.48. The molecule has 0 amide bonds. The molecule has 9 nitrogen and oxygen atoms in total. The van der Waals surface area contributed by atoms with Crippen molar-refractivity contribution in [2.45, 2.75) is 26.4 Å². The van der Waals surface area contributed by atoms with Gasteiger partial charge in [0.1, 0.15) is 5.69 Å².